The molecule has 20 heavy (non-hydrogen) atoms. The molecule has 112 valence electrons. The topological polar surface area (TPSA) is 32.3 Å². The number of carbonyl (C=O) groups is 1. The first-order valence-electron chi connectivity index (χ1n) is 7.51. The van der Waals surface area contributed by atoms with Gasteiger partial charge >= 0.3 is 0 Å². The molecule has 3 nitrogen and oxygen atoms in total. The molecule has 0 aliphatic heterocycles. The molecule has 1 N–H and O–H groups in total. The number of rotatable bonds is 6. The van der Waals surface area contributed by atoms with Crippen LogP contribution in [-0.4, -0.2) is 23.0 Å². The van der Waals surface area contributed by atoms with E-state index in [1.807, 2.05) is 52.0 Å². The van der Waals surface area contributed by atoms with Crippen LogP contribution in [0.5, 0.6) is 0 Å². The molecular formula is C17H28N2O. The predicted molar refractivity (Wildman–Crippen MR) is 84.6 cm³/mol. The Morgan fingerprint density at radius 3 is 2.50 bits per heavy atom. The van der Waals surface area contributed by atoms with E-state index < -0.39 is 0 Å². The summed E-state index contributed by atoms with van der Waals surface area (Å²) in [4.78, 5) is 12.7. The Morgan fingerprint density at radius 1 is 1.25 bits per heavy atom. The van der Waals surface area contributed by atoms with E-state index in [4.69, 9.17) is 0 Å². The Balaban J connectivity index is 2.80. The third kappa shape index (κ3) is 4.97. The van der Waals surface area contributed by atoms with E-state index in [1.165, 1.54) is 12.8 Å². The summed E-state index contributed by atoms with van der Waals surface area (Å²) in [7, 11) is 0. The summed E-state index contributed by atoms with van der Waals surface area (Å²) >= 11 is 0. The highest BCUT2D eigenvalue weighted by molar-refractivity contribution is 5.94. The smallest absolute Gasteiger partial charge is 0.268 e. The number of hydrogen-bond acceptors (Lipinski definition) is 2. The fourth-order valence-electron chi connectivity index (χ4n) is 2.09. The maximum Gasteiger partial charge on any atom is 0.268 e. The molecule has 0 radical (unpaired) electrons. The molecule has 0 unspecified atom stereocenters. The Bertz CT molecular complexity index is 435. The summed E-state index contributed by atoms with van der Waals surface area (Å²) in [6.07, 6.45) is 3.46. The standard InChI is InChI=1S/C17H28N2O/c1-6-7-8-12-18-19(17(3,4)5)16(20)15-11-9-10-14(2)13-15/h9-11,13,18H,6-8,12H2,1-5H3. The van der Waals surface area contributed by atoms with Crippen molar-refractivity contribution in [2.24, 2.45) is 0 Å². The number of unbranched alkanes of at least 4 members (excludes halogenated alkanes) is 2. The van der Waals surface area contributed by atoms with Crippen LogP contribution in [0.15, 0.2) is 24.3 Å². The van der Waals surface area contributed by atoms with E-state index in [-0.39, 0.29) is 11.4 Å². The summed E-state index contributed by atoms with van der Waals surface area (Å²) < 4.78 is 0. The van der Waals surface area contributed by atoms with Crippen LogP contribution >= 0.6 is 0 Å². The number of nitrogens with one attached hydrogen (secondary N) is 1. The summed E-state index contributed by atoms with van der Waals surface area (Å²) in [5.74, 6) is 0.0395. The molecule has 0 fully saturated rings. The molecule has 0 atom stereocenters. The third-order valence-electron chi connectivity index (χ3n) is 3.19. The zero-order chi connectivity index (χ0) is 15.2. The van der Waals surface area contributed by atoms with Gasteiger partial charge in [-0.1, -0.05) is 37.5 Å². The molecule has 0 heterocycles. The Kier molecular flexibility index (Phi) is 6.21. The van der Waals surface area contributed by atoms with Gasteiger partial charge in [-0.2, -0.15) is 0 Å². The number of benzene rings is 1. The van der Waals surface area contributed by atoms with E-state index >= 15 is 0 Å². The minimum absolute atomic E-state index is 0.0395. The Morgan fingerprint density at radius 2 is 1.95 bits per heavy atom. The minimum atomic E-state index is -0.243. The number of carbonyl (C=O) groups excluding carboxylic acids is 1. The van der Waals surface area contributed by atoms with Gasteiger partial charge in [0, 0.05) is 12.1 Å². The Hall–Kier alpha value is -1.35. The quantitative estimate of drug-likeness (QED) is 0.630. The van der Waals surface area contributed by atoms with Gasteiger partial charge in [0.1, 0.15) is 0 Å². The maximum absolute atomic E-state index is 12.7. The van der Waals surface area contributed by atoms with Crippen LogP contribution in [0.4, 0.5) is 0 Å². The molecule has 0 bridgehead atoms. The van der Waals surface area contributed by atoms with Crippen molar-refractivity contribution in [3.63, 3.8) is 0 Å². The molecule has 0 aliphatic carbocycles. The van der Waals surface area contributed by atoms with Crippen molar-refractivity contribution in [3.05, 3.63) is 35.4 Å². The average Bonchev–Trinajstić information content (AvgIpc) is 2.36. The van der Waals surface area contributed by atoms with Crippen LogP contribution in [-0.2, 0) is 0 Å². The highest BCUT2D eigenvalue weighted by Crippen LogP contribution is 2.16. The van der Waals surface area contributed by atoms with Crippen molar-refractivity contribution in [2.45, 2.75) is 59.4 Å². The monoisotopic (exact) mass is 276 g/mol. The van der Waals surface area contributed by atoms with Crippen molar-refractivity contribution < 1.29 is 4.79 Å². The molecule has 0 aliphatic rings. The van der Waals surface area contributed by atoms with Gasteiger partial charge in [0.25, 0.3) is 5.91 Å². The number of nitrogens with zero attached hydrogens (tertiary/aromatic N) is 1. The van der Waals surface area contributed by atoms with Gasteiger partial charge in [0.05, 0.1) is 5.54 Å². The van der Waals surface area contributed by atoms with Gasteiger partial charge < -0.3 is 0 Å². The van der Waals surface area contributed by atoms with Gasteiger partial charge in [-0.05, 0) is 46.2 Å². The van der Waals surface area contributed by atoms with Gasteiger partial charge in [0.2, 0.25) is 0 Å². The molecular weight excluding hydrogens is 248 g/mol. The first-order chi connectivity index (χ1) is 9.36. The number of amides is 1. The first kappa shape index (κ1) is 16.7. The fraction of sp³-hybridized carbons (Fsp3) is 0.588. The van der Waals surface area contributed by atoms with E-state index in [0.29, 0.717) is 0 Å². The molecule has 0 saturated heterocycles. The van der Waals surface area contributed by atoms with E-state index in [9.17, 15) is 4.79 Å². The fourth-order valence-corrected chi connectivity index (χ4v) is 2.09. The summed E-state index contributed by atoms with van der Waals surface area (Å²) in [5, 5.41) is 1.76. The SMILES string of the molecule is CCCCCNN(C(=O)c1cccc(C)c1)C(C)(C)C. The highest BCUT2D eigenvalue weighted by Gasteiger charge is 2.27. The van der Waals surface area contributed by atoms with Crippen LogP contribution in [0.1, 0.15) is 62.9 Å². The molecule has 0 spiro atoms. The van der Waals surface area contributed by atoms with Crippen LogP contribution < -0.4 is 5.43 Å². The second-order valence-electron chi connectivity index (χ2n) is 6.30. The van der Waals surface area contributed by atoms with Crippen molar-refractivity contribution in [1.82, 2.24) is 10.4 Å². The molecule has 1 aromatic carbocycles. The van der Waals surface area contributed by atoms with E-state index in [0.717, 1.165) is 24.1 Å². The molecule has 1 rings (SSSR count). The molecule has 0 aromatic heterocycles. The van der Waals surface area contributed by atoms with Gasteiger partial charge in [-0.3, -0.25) is 9.80 Å². The van der Waals surface area contributed by atoms with Crippen LogP contribution in [0.3, 0.4) is 0 Å². The summed E-state index contributed by atoms with van der Waals surface area (Å²) in [6.45, 7) is 11.2. The van der Waals surface area contributed by atoms with Crippen molar-refractivity contribution >= 4 is 5.91 Å². The van der Waals surface area contributed by atoms with Gasteiger partial charge in [0.15, 0.2) is 0 Å². The zero-order valence-corrected chi connectivity index (χ0v) is 13.5. The lowest BCUT2D eigenvalue weighted by atomic mass is 10.1. The van der Waals surface area contributed by atoms with Gasteiger partial charge in [-0.15, -0.1) is 0 Å². The second kappa shape index (κ2) is 7.44. The van der Waals surface area contributed by atoms with Crippen molar-refractivity contribution in [1.29, 1.82) is 0 Å². The van der Waals surface area contributed by atoms with E-state index in [2.05, 4.69) is 12.3 Å². The van der Waals surface area contributed by atoms with Crippen molar-refractivity contribution in [2.75, 3.05) is 6.54 Å². The van der Waals surface area contributed by atoms with Crippen LogP contribution in [0.2, 0.25) is 0 Å². The van der Waals surface area contributed by atoms with E-state index in [1.54, 1.807) is 5.01 Å². The summed E-state index contributed by atoms with van der Waals surface area (Å²) in [6, 6.07) is 7.75. The number of hydrogen-bond donors (Lipinski definition) is 1. The maximum atomic E-state index is 12.7. The second-order valence-corrected chi connectivity index (χ2v) is 6.30. The normalized spacial score (nSPS) is 11.4. The lowest BCUT2D eigenvalue weighted by molar-refractivity contribution is 0.0400. The highest BCUT2D eigenvalue weighted by atomic mass is 16.2. The molecule has 0 saturated carbocycles. The molecule has 3 heteroatoms. The lowest BCUT2D eigenvalue weighted by Crippen LogP contribution is -2.54. The minimum Gasteiger partial charge on any atom is -0.269 e. The van der Waals surface area contributed by atoms with Crippen LogP contribution in [0.25, 0.3) is 0 Å². The largest absolute Gasteiger partial charge is 0.269 e. The molecule has 1 aromatic rings. The lowest BCUT2D eigenvalue weighted by Gasteiger charge is -2.36. The summed E-state index contributed by atoms with van der Waals surface area (Å²) in [5.41, 5.74) is 4.90. The number of hydrazine groups is 1. The van der Waals surface area contributed by atoms with Crippen LogP contribution in [0, 0.1) is 6.92 Å². The average molecular weight is 276 g/mol. The zero-order valence-electron chi connectivity index (χ0n) is 13.5. The molecule has 1 amide bonds. The Labute approximate surface area is 123 Å². The predicted octanol–water partition coefficient (Wildman–Crippen LogP) is 3.93. The number of aryl methyl sites for hydroxylation is 1. The first-order valence-corrected chi connectivity index (χ1v) is 7.51. The third-order valence-corrected chi connectivity index (χ3v) is 3.19. The van der Waals surface area contributed by atoms with Crippen molar-refractivity contribution in [3.8, 4) is 0 Å². The van der Waals surface area contributed by atoms with Gasteiger partial charge in [-0.25, -0.2) is 5.43 Å².